The van der Waals surface area contributed by atoms with Gasteiger partial charge in [0.15, 0.2) is 0 Å². The van der Waals surface area contributed by atoms with E-state index in [-0.39, 0.29) is 11.5 Å². The van der Waals surface area contributed by atoms with Crippen LogP contribution in [0.4, 0.5) is 10.5 Å². The van der Waals surface area contributed by atoms with Gasteiger partial charge < -0.3 is 14.8 Å². The summed E-state index contributed by atoms with van der Waals surface area (Å²) in [4.78, 5) is 44.9. The minimum atomic E-state index is -1.07. The number of anilines is 1. The van der Waals surface area contributed by atoms with Crippen molar-refractivity contribution in [2.45, 2.75) is 18.5 Å². The zero-order chi connectivity index (χ0) is 24.3. The first kappa shape index (κ1) is 21.0. The van der Waals surface area contributed by atoms with Crippen molar-refractivity contribution < 1.29 is 24.2 Å². The first-order chi connectivity index (χ1) is 17.0. The lowest BCUT2D eigenvalue weighted by atomic mass is 9.89. The minimum absolute atomic E-state index is 0.0862. The summed E-state index contributed by atoms with van der Waals surface area (Å²) in [7, 11) is 1.59. The zero-order valence-electron chi connectivity index (χ0n) is 18.8. The van der Waals surface area contributed by atoms with Crippen LogP contribution in [-0.4, -0.2) is 46.0 Å². The van der Waals surface area contributed by atoms with Crippen molar-refractivity contribution in [2.75, 3.05) is 12.0 Å². The molecule has 1 aromatic heterocycles. The summed E-state index contributed by atoms with van der Waals surface area (Å²) < 4.78 is 5.31. The van der Waals surface area contributed by atoms with Gasteiger partial charge in [-0.2, -0.15) is 0 Å². The van der Waals surface area contributed by atoms with Crippen molar-refractivity contribution >= 4 is 34.5 Å². The second-order valence-corrected chi connectivity index (χ2v) is 8.67. The number of carboxylic acids is 1. The predicted molar refractivity (Wildman–Crippen MR) is 129 cm³/mol. The number of methoxy groups -OCH3 is 1. The van der Waals surface area contributed by atoms with Crippen molar-refractivity contribution in [3.05, 3.63) is 95.2 Å². The number of aromatic amines is 1. The summed E-state index contributed by atoms with van der Waals surface area (Å²) in [6, 6.07) is 19.6. The maximum absolute atomic E-state index is 13.8. The van der Waals surface area contributed by atoms with Crippen LogP contribution in [0.2, 0.25) is 0 Å². The summed E-state index contributed by atoms with van der Waals surface area (Å²) in [5.41, 5.74) is 4.15. The van der Waals surface area contributed by atoms with Crippen molar-refractivity contribution in [1.82, 2.24) is 9.88 Å². The molecule has 174 valence electrons. The molecule has 3 heterocycles. The molecular formula is C27H21N3O5. The average molecular weight is 467 g/mol. The predicted octanol–water partition coefficient (Wildman–Crippen LogP) is 4.36. The molecular weight excluding hydrogens is 446 g/mol. The van der Waals surface area contributed by atoms with E-state index in [2.05, 4.69) is 4.98 Å². The third-order valence-electron chi connectivity index (χ3n) is 6.85. The Labute approximate surface area is 200 Å². The largest absolute Gasteiger partial charge is 0.497 e. The fourth-order valence-corrected chi connectivity index (χ4v) is 5.20. The molecule has 0 spiro atoms. The number of aromatic carboxylic acids is 1. The van der Waals surface area contributed by atoms with Gasteiger partial charge in [-0.05, 0) is 53.6 Å². The fourth-order valence-electron chi connectivity index (χ4n) is 5.20. The van der Waals surface area contributed by atoms with Gasteiger partial charge in [0.25, 0.3) is 5.91 Å². The van der Waals surface area contributed by atoms with E-state index in [1.165, 1.54) is 24.3 Å². The van der Waals surface area contributed by atoms with E-state index in [1.54, 1.807) is 12.0 Å². The Bertz CT molecular complexity index is 1490. The highest BCUT2D eigenvalue weighted by molar-refractivity contribution is 6.22. The normalized spacial score (nSPS) is 19.1. The number of urea groups is 1. The molecule has 8 nitrogen and oxygen atoms in total. The molecule has 0 saturated carbocycles. The van der Waals surface area contributed by atoms with E-state index in [4.69, 9.17) is 4.74 Å². The van der Waals surface area contributed by atoms with Gasteiger partial charge in [0.05, 0.1) is 18.4 Å². The molecule has 4 aromatic rings. The Kier molecular flexibility index (Phi) is 4.63. The van der Waals surface area contributed by atoms with Gasteiger partial charge in [-0.25, -0.2) is 14.5 Å². The second-order valence-electron chi connectivity index (χ2n) is 8.67. The second kappa shape index (κ2) is 7.73. The first-order valence-electron chi connectivity index (χ1n) is 11.2. The van der Waals surface area contributed by atoms with Crippen molar-refractivity contribution in [1.29, 1.82) is 0 Å². The van der Waals surface area contributed by atoms with Crippen molar-refractivity contribution in [2.24, 2.45) is 0 Å². The molecule has 2 atom stereocenters. The van der Waals surface area contributed by atoms with Crippen LogP contribution < -0.4 is 9.64 Å². The van der Waals surface area contributed by atoms with E-state index in [0.717, 1.165) is 32.6 Å². The standard InChI is InChI=1S/C27H21N3O5/c1-35-18-12-8-15(9-13-18)24-23-20(19-4-2-3-5-21(19)28-23)14-22-25(31)29(27(34)30(22)24)17-10-6-16(7-11-17)26(32)33/h2-13,22,24,28H,14H2,1H3,(H,32,33)/t22-,24-/m0/s1. The number of aromatic nitrogens is 1. The van der Waals surface area contributed by atoms with Crippen molar-refractivity contribution in [3.8, 4) is 5.75 Å². The van der Waals surface area contributed by atoms with E-state index in [1.807, 2.05) is 48.5 Å². The summed E-state index contributed by atoms with van der Waals surface area (Å²) >= 11 is 0. The third kappa shape index (κ3) is 3.10. The van der Waals surface area contributed by atoms with Gasteiger partial charge in [-0.3, -0.25) is 9.69 Å². The maximum Gasteiger partial charge on any atom is 0.335 e. The molecule has 2 aliphatic rings. The lowest BCUT2D eigenvalue weighted by Gasteiger charge is -2.36. The third-order valence-corrected chi connectivity index (χ3v) is 6.85. The quantitative estimate of drug-likeness (QED) is 0.434. The molecule has 1 fully saturated rings. The Balaban J connectivity index is 1.49. The first-order valence-corrected chi connectivity index (χ1v) is 11.2. The minimum Gasteiger partial charge on any atom is -0.497 e. The zero-order valence-corrected chi connectivity index (χ0v) is 18.8. The molecule has 2 N–H and O–H groups in total. The van der Waals surface area contributed by atoms with Crippen LogP contribution in [0.5, 0.6) is 5.75 Å². The van der Waals surface area contributed by atoms with Crippen LogP contribution >= 0.6 is 0 Å². The number of nitrogens with zero attached hydrogens (tertiary/aromatic N) is 2. The average Bonchev–Trinajstić information content (AvgIpc) is 3.37. The number of imide groups is 1. The highest BCUT2D eigenvalue weighted by atomic mass is 16.5. The molecule has 0 radical (unpaired) electrons. The molecule has 0 bridgehead atoms. The Morgan fingerprint density at radius 2 is 1.71 bits per heavy atom. The molecule has 35 heavy (non-hydrogen) atoms. The Hall–Kier alpha value is -4.59. The molecule has 0 aliphatic carbocycles. The molecule has 1 saturated heterocycles. The molecule has 6 rings (SSSR count). The molecule has 3 amide bonds. The molecule has 3 aromatic carbocycles. The summed E-state index contributed by atoms with van der Waals surface area (Å²) in [6.45, 7) is 0. The number of hydrogen-bond acceptors (Lipinski definition) is 4. The smallest absolute Gasteiger partial charge is 0.335 e. The van der Waals surface area contributed by atoms with Gasteiger partial charge >= 0.3 is 12.0 Å². The number of carboxylic acid groups (broad SMARTS) is 1. The Morgan fingerprint density at radius 3 is 2.40 bits per heavy atom. The number of para-hydroxylation sites is 1. The number of ether oxygens (including phenoxy) is 1. The number of nitrogens with one attached hydrogen (secondary N) is 1. The number of carbonyl (C=O) groups excluding carboxylic acids is 2. The van der Waals surface area contributed by atoms with Crippen LogP contribution in [0.15, 0.2) is 72.8 Å². The van der Waals surface area contributed by atoms with Crippen LogP contribution in [0.25, 0.3) is 10.9 Å². The highest BCUT2D eigenvalue weighted by Gasteiger charge is 2.53. The van der Waals surface area contributed by atoms with Crippen LogP contribution in [0.3, 0.4) is 0 Å². The molecule has 2 aliphatic heterocycles. The van der Waals surface area contributed by atoms with E-state index < -0.39 is 24.1 Å². The Morgan fingerprint density at radius 1 is 1.00 bits per heavy atom. The van der Waals surface area contributed by atoms with Gasteiger partial charge in [-0.15, -0.1) is 0 Å². The van der Waals surface area contributed by atoms with Crippen LogP contribution in [-0.2, 0) is 11.2 Å². The van der Waals surface area contributed by atoms with E-state index >= 15 is 0 Å². The number of carbonyl (C=O) groups is 3. The summed E-state index contributed by atoms with van der Waals surface area (Å²) in [6.07, 6.45) is 0.389. The van der Waals surface area contributed by atoms with Gasteiger partial charge in [0, 0.05) is 23.0 Å². The summed E-state index contributed by atoms with van der Waals surface area (Å²) in [5, 5.41) is 10.2. The van der Waals surface area contributed by atoms with Crippen LogP contribution in [0, 0.1) is 0 Å². The number of hydrogen-bond donors (Lipinski definition) is 2. The highest BCUT2D eigenvalue weighted by Crippen LogP contribution is 2.45. The number of H-pyrrole nitrogens is 1. The lowest BCUT2D eigenvalue weighted by molar-refractivity contribution is -0.120. The monoisotopic (exact) mass is 467 g/mol. The van der Waals surface area contributed by atoms with Gasteiger partial charge in [0.1, 0.15) is 17.8 Å². The fraction of sp³-hybridized carbons (Fsp3) is 0.148. The molecule has 8 heteroatoms. The van der Waals surface area contributed by atoms with Gasteiger partial charge in [0.2, 0.25) is 0 Å². The number of benzene rings is 3. The van der Waals surface area contributed by atoms with E-state index in [0.29, 0.717) is 17.9 Å². The lowest BCUT2D eigenvalue weighted by Crippen LogP contribution is -2.44. The van der Waals surface area contributed by atoms with Crippen molar-refractivity contribution in [3.63, 3.8) is 0 Å². The van der Waals surface area contributed by atoms with Gasteiger partial charge in [-0.1, -0.05) is 30.3 Å². The molecule has 0 unspecified atom stereocenters. The maximum atomic E-state index is 13.8. The topological polar surface area (TPSA) is 103 Å². The number of amides is 3. The SMILES string of the molecule is COc1ccc([C@H]2c3[nH]c4ccccc4c3C[C@H]3C(=O)N(c4ccc(C(=O)O)cc4)C(=O)N23)cc1. The van der Waals surface area contributed by atoms with E-state index in [9.17, 15) is 19.5 Å². The summed E-state index contributed by atoms with van der Waals surface area (Å²) in [5.74, 6) is -0.701. The number of fused-ring (bicyclic) bond motifs is 4. The number of rotatable bonds is 4. The van der Waals surface area contributed by atoms with Crippen LogP contribution in [0.1, 0.15) is 33.2 Å².